The fourth-order valence-electron chi connectivity index (χ4n) is 1.64. The van der Waals surface area contributed by atoms with Gasteiger partial charge in [-0.3, -0.25) is 0 Å². The largest absolute Gasteiger partial charge is 0.494 e. The van der Waals surface area contributed by atoms with Crippen molar-refractivity contribution >= 4 is 14.5 Å². The van der Waals surface area contributed by atoms with Crippen LogP contribution in [0.4, 0.5) is 4.79 Å². The molecule has 0 saturated carbocycles. The quantitative estimate of drug-likeness (QED) is 0.468. The molecule has 0 aromatic heterocycles. The fraction of sp³-hybridized carbons (Fsp3) is 0.875. The molecule has 0 N–H and O–H groups in total. The molecule has 70 valence electrons. The van der Waals surface area contributed by atoms with Gasteiger partial charge >= 0.3 is 6.16 Å². The Bertz CT molecular complexity index is 164. The lowest BCUT2D eigenvalue weighted by molar-refractivity contribution is 0.117. The van der Waals surface area contributed by atoms with Gasteiger partial charge in [-0.1, -0.05) is 19.3 Å². The molecule has 1 rings (SSSR count). The Hall–Kier alpha value is -0.513. The van der Waals surface area contributed by atoms with Crippen LogP contribution in [0.2, 0.25) is 18.6 Å². The van der Waals surface area contributed by atoms with Gasteiger partial charge in [0.05, 0.1) is 7.11 Å². The molecule has 0 aromatic carbocycles. The molecule has 1 aliphatic heterocycles. The highest BCUT2D eigenvalue weighted by Crippen LogP contribution is 2.29. The molecule has 0 atom stereocenters. The number of carbonyl (C=O) groups excluding carboxylic acids is 1. The monoisotopic (exact) mass is 188 g/mol. The Morgan fingerprint density at radius 1 is 1.25 bits per heavy atom. The second kappa shape index (κ2) is 3.94. The van der Waals surface area contributed by atoms with Crippen LogP contribution < -0.4 is 0 Å². The van der Waals surface area contributed by atoms with Crippen LogP contribution in [0.1, 0.15) is 19.3 Å². The molecule has 1 fully saturated rings. The third-order valence-corrected chi connectivity index (χ3v) is 5.89. The Labute approximate surface area is 74.2 Å². The average Bonchev–Trinajstić information content (AvgIpc) is 2.05. The van der Waals surface area contributed by atoms with Crippen LogP contribution in [0.25, 0.3) is 0 Å². The van der Waals surface area contributed by atoms with Crippen molar-refractivity contribution < 1.29 is 14.0 Å². The maximum absolute atomic E-state index is 10.9. The highest BCUT2D eigenvalue weighted by Gasteiger charge is 2.34. The summed E-state index contributed by atoms with van der Waals surface area (Å²) in [7, 11) is -0.331. The zero-order chi connectivity index (χ0) is 9.03. The fourth-order valence-corrected chi connectivity index (χ4v) is 4.58. The zero-order valence-electron chi connectivity index (χ0n) is 7.76. The van der Waals surface area contributed by atoms with Crippen molar-refractivity contribution in [3.8, 4) is 0 Å². The molecular formula is C8H16O3Si. The molecule has 0 radical (unpaired) electrons. The van der Waals surface area contributed by atoms with E-state index in [1.165, 1.54) is 26.4 Å². The zero-order valence-corrected chi connectivity index (χ0v) is 8.76. The Morgan fingerprint density at radius 3 is 2.33 bits per heavy atom. The van der Waals surface area contributed by atoms with Crippen molar-refractivity contribution in [1.29, 1.82) is 0 Å². The molecule has 0 spiro atoms. The second-order valence-corrected chi connectivity index (χ2v) is 7.67. The van der Waals surface area contributed by atoms with E-state index >= 15 is 0 Å². The molecule has 0 aliphatic carbocycles. The number of hydrogen-bond acceptors (Lipinski definition) is 3. The van der Waals surface area contributed by atoms with Crippen LogP contribution in [0, 0.1) is 0 Å². The van der Waals surface area contributed by atoms with Gasteiger partial charge in [0.2, 0.25) is 0 Å². The minimum atomic E-state index is -1.70. The van der Waals surface area contributed by atoms with Gasteiger partial charge in [0.15, 0.2) is 0 Å². The summed E-state index contributed by atoms with van der Waals surface area (Å²) in [5, 5.41) is 0. The second-order valence-electron chi connectivity index (χ2n) is 3.57. The number of carbonyl (C=O) groups is 1. The van der Waals surface area contributed by atoms with Gasteiger partial charge < -0.3 is 9.16 Å². The van der Waals surface area contributed by atoms with Gasteiger partial charge in [0.25, 0.3) is 8.32 Å². The standard InChI is InChI=1S/C8H16O3Si/c1-10-8(9)11-12(2)6-4-3-5-7-12/h3-7H2,1-2H3. The molecule has 0 aromatic rings. The molecule has 0 unspecified atom stereocenters. The van der Waals surface area contributed by atoms with Gasteiger partial charge in [-0.2, -0.15) is 0 Å². The Kier molecular flexibility index (Phi) is 3.14. The minimum absolute atomic E-state index is 0.494. The van der Waals surface area contributed by atoms with E-state index in [1.54, 1.807) is 0 Å². The maximum atomic E-state index is 10.9. The maximum Gasteiger partial charge on any atom is 0.494 e. The van der Waals surface area contributed by atoms with Gasteiger partial charge in [0, 0.05) is 0 Å². The molecule has 1 heterocycles. The normalized spacial score (nSPS) is 21.5. The Morgan fingerprint density at radius 2 is 1.83 bits per heavy atom. The van der Waals surface area contributed by atoms with Crippen LogP contribution in [-0.4, -0.2) is 21.6 Å². The van der Waals surface area contributed by atoms with E-state index in [4.69, 9.17) is 4.43 Å². The summed E-state index contributed by atoms with van der Waals surface area (Å²) in [5.74, 6) is 0. The highest BCUT2D eigenvalue weighted by atomic mass is 28.4. The first-order valence-corrected chi connectivity index (χ1v) is 7.25. The smallest absolute Gasteiger partial charge is 0.489 e. The first-order chi connectivity index (χ1) is 5.66. The highest BCUT2D eigenvalue weighted by molar-refractivity contribution is 6.73. The predicted octanol–water partition coefficient (Wildman–Crippen LogP) is 2.53. The SMILES string of the molecule is COC(=O)O[Si]1(C)CCCCC1. The van der Waals surface area contributed by atoms with E-state index in [9.17, 15) is 4.79 Å². The van der Waals surface area contributed by atoms with Crippen molar-refractivity contribution in [2.45, 2.75) is 37.9 Å². The number of methoxy groups -OCH3 is 1. The molecule has 4 heteroatoms. The molecule has 1 aliphatic rings. The summed E-state index contributed by atoms with van der Waals surface area (Å²) in [6.07, 6.45) is 3.21. The first-order valence-electron chi connectivity index (χ1n) is 4.43. The lowest BCUT2D eigenvalue weighted by atomic mass is 10.3. The van der Waals surface area contributed by atoms with Crippen LogP contribution in [-0.2, 0) is 9.16 Å². The van der Waals surface area contributed by atoms with Crippen LogP contribution in [0.5, 0.6) is 0 Å². The summed E-state index contributed by atoms with van der Waals surface area (Å²) in [6, 6.07) is 2.20. The predicted molar refractivity (Wildman–Crippen MR) is 48.6 cm³/mol. The van der Waals surface area contributed by atoms with Crippen molar-refractivity contribution in [2.75, 3.05) is 7.11 Å². The summed E-state index contributed by atoms with van der Waals surface area (Å²) < 4.78 is 9.80. The first kappa shape index (κ1) is 9.57. The van der Waals surface area contributed by atoms with E-state index < -0.39 is 14.5 Å². The summed E-state index contributed by atoms with van der Waals surface area (Å²) in [5.41, 5.74) is 0. The van der Waals surface area contributed by atoms with Gasteiger partial charge in [0.1, 0.15) is 0 Å². The van der Waals surface area contributed by atoms with E-state index in [1.807, 2.05) is 0 Å². The summed E-state index contributed by atoms with van der Waals surface area (Å²) in [4.78, 5) is 10.9. The molecule has 12 heavy (non-hydrogen) atoms. The van der Waals surface area contributed by atoms with Gasteiger partial charge in [-0.15, -0.1) is 0 Å². The lowest BCUT2D eigenvalue weighted by Crippen LogP contribution is -2.38. The third kappa shape index (κ3) is 2.51. The number of rotatable bonds is 1. The molecule has 1 saturated heterocycles. The summed E-state index contributed by atoms with van der Waals surface area (Å²) >= 11 is 0. The van der Waals surface area contributed by atoms with E-state index in [0.29, 0.717) is 0 Å². The van der Waals surface area contributed by atoms with Crippen molar-refractivity contribution in [3.05, 3.63) is 0 Å². The summed E-state index contributed by atoms with van der Waals surface area (Å²) in [6.45, 7) is 2.11. The van der Waals surface area contributed by atoms with Crippen molar-refractivity contribution in [2.24, 2.45) is 0 Å². The van der Waals surface area contributed by atoms with Crippen molar-refractivity contribution in [1.82, 2.24) is 0 Å². The molecular weight excluding hydrogens is 172 g/mol. The lowest BCUT2D eigenvalue weighted by Gasteiger charge is -2.29. The van der Waals surface area contributed by atoms with Gasteiger partial charge in [-0.25, -0.2) is 4.79 Å². The molecule has 0 bridgehead atoms. The van der Waals surface area contributed by atoms with Crippen molar-refractivity contribution in [3.63, 3.8) is 0 Å². The van der Waals surface area contributed by atoms with E-state index in [0.717, 1.165) is 12.1 Å². The van der Waals surface area contributed by atoms with E-state index in [-0.39, 0.29) is 0 Å². The average molecular weight is 188 g/mol. The van der Waals surface area contributed by atoms with E-state index in [2.05, 4.69) is 11.3 Å². The molecule has 0 amide bonds. The number of ether oxygens (including phenoxy) is 1. The molecule has 3 nitrogen and oxygen atoms in total. The Balaban J connectivity index is 2.41. The van der Waals surface area contributed by atoms with Crippen LogP contribution >= 0.6 is 0 Å². The van der Waals surface area contributed by atoms with Crippen LogP contribution in [0.3, 0.4) is 0 Å². The third-order valence-electron chi connectivity index (χ3n) is 2.41. The minimum Gasteiger partial charge on any atom is -0.489 e. The topological polar surface area (TPSA) is 35.5 Å². The van der Waals surface area contributed by atoms with Crippen LogP contribution in [0.15, 0.2) is 0 Å². The van der Waals surface area contributed by atoms with Gasteiger partial charge in [-0.05, 0) is 18.6 Å². The number of hydrogen-bond donors (Lipinski definition) is 0.